The van der Waals surface area contributed by atoms with Gasteiger partial charge in [-0.15, -0.1) is 23.2 Å². The molecule has 4 amide bonds. The molecule has 4 aliphatic rings. The van der Waals surface area contributed by atoms with Crippen molar-refractivity contribution in [2.75, 3.05) is 18.6 Å². The highest BCUT2D eigenvalue weighted by Crippen LogP contribution is 2.65. The molecule has 244 valence electrons. The Balaban J connectivity index is 1.18. The predicted octanol–water partition coefficient (Wildman–Crippen LogP) is 5.79. The number of benzene rings is 3. The molecule has 48 heavy (non-hydrogen) atoms. The number of para-hydroxylation sites is 2. The van der Waals surface area contributed by atoms with Gasteiger partial charge in [-0.05, 0) is 79.8 Å². The first kappa shape index (κ1) is 30.7. The van der Waals surface area contributed by atoms with Gasteiger partial charge in [0.05, 0.1) is 24.1 Å². The molecule has 1 N–H and O–H groups in total. The lowest BCUT2D eigenvalue weighted by Gasteiger charge is -2.50. The molecule has 3 fully saturated rings. The van der Waals surface area contributed by atoms with Crippen LogP contribution in [0.25, 0.3) is 22.6 Å². The third-order valence-corrected chi connectivity index (χ3v) is 11.7. The monoisotopic (exact) mass is 685 g/mol. The minimum absolute atomic E-state index is 0.105. The zero-order chi connectivity index (χ0) is 33.7. The van der Waals surface area contributed by atoms with Crippen LogP contribution in [0.15, 0.2) is 82.8 Å². The lowest BCUT2D eigenvalue weighted by atomic mass is 9.56. The molecule has 6 atom stereocenters. The van der Waals surface area contributed by atoms with Crippen molar-refractivity contribution in [2.24, 2.45) is 17.8 Å². The van der Waals surface area contributed by atoms with E-state index in [1.165, 1.54) is 18.0 Å². The number of amides is 4. The van der Waals surface area contributed by atoms with Crippen molar-refractivity contribution in [1.82, 2.24) is 9.88 Å². The number of ether oxygens (including phenoxy) is 1. The van der Waals surface area contributed by atoms with E-state index in [0.29, 0.717) is 39.4 Å². The molecule has 1 saturated carbocycles. The first-order valence-electron chi connectivity index (χ1n) is 15.7. The number of phenolic OH excluding ortho intramolecular Hbond substituents is 1. The van der Waals surface area contributed by atoms with Gasteiger partial charge < -0.3 is 14.3 Å². The summed E-state index contributed by atoms with van der Waals surface area (Å²) >= 11 is 14.5. The number of rotatable bonds is 5. The van der Waals surface area contributed by atoms with Crippen LogP contribution in [0.4, 0.5) is 5.69 Å². The molecule has 8 rings (SSSR count). The van der Waals surface area contributed by atoms with Gasteiger partial charge in [-0.1, -0.05) is 29.8 Å². The summed E-state index contributed by atoms with van der Waals surface area (Å²) in [4.78, 5) is 58.7. The average Bonchev–Trinajstić information content (AvgIpc) is 3.67. The molecule has 4 aromatic rings. The molecule has 3 aromatic carbocycles. The number of allylic oxidation sites excluding steroid dienone is 2. The summed E-state index contributed by atoms with van der Waals surface area (Å²) < 4.78 is 11.5. The van der Waals surface area contributed by atoms with Gasteiger partial charge in [0.2, 0.25) is 17.7 Å². The number of oxazole rings is 1. The molecule has 10 nitrogen and oxygen atoms in total. The molecule has 2 aliphatic carbocycles. The second kappa shape index (κ2) is 10.7. The Morgan fingerprint density at radius 1 is 0.979 bits per heavy atom. The van der Waals surface area contributed by atoms with Gasteiger partial charge in [-0.3, -0.25) is 29.0 Å². The van der Waals surface area contributed by atoms with E-state index in [-0.39, 0.29) is 36.9 Å². The molecular weight excluding hydrogens is 657 g/mol. The third-order valence-electron chi connectivity index (χ3n) is 10.3. The Morgan fingerprint density at radius 2 is 1.73 bits per heavy atom. The van der Waals surface area contributed by atoms with E-state index in [1.54, 1.807) is 43.3 Å². The fraction of sp³-hybridized carbons (Fsp3) is 0.306. The number of fused-ring (bicyclic) bond motifs is 5. The van der Waals surface area contributed by atoms with Gasteiger partial charge >= 0.3 is 0 Å². The number of anilines is 1. The Labute approximate surface area is 284 Å². The predicted molar refractivity (Wildman–Crippen MR) is 177 cm³/mol. The van der Waals surface area contributed by atoms with Crippen molar-refractivity contribution < 1.29 is 33.4 Å². The lowest BCUT2D eigenvalue weighted by molar-refractivity contribution is -0.138. The third kappa shape index (κ3) is 4.02. The SMILES string of the molecule is CCOc1cc([C@H]2C3=CC[C@@H]4C(=O)N(c5ccc(-c6nc7ccccc7o6)cc5)C(=O)[C@@H]4[C@@H]3C[C@@]3(Cl)C(=O)N(C)C(=O)[C@@]23Cl)ccc1O. The van der Waals surface area contributed by atoms with Gasteiger partial charge in [0.1, 0.15) is 5.52 Å². The molecule has 0 spiro atoms. The van der Waals surface area contributed by atoms with E-state index in [1.807, 2.05) is 30.3 Å². The number of hydrogen-bond donors (Lipinski definition) is 1. The number of likely N-dealkylation sites (tertiary alicyclic amines) is 1. The second-order valence-corrected chi connectivity index (χ2v) is 13.9. The van der Waals surface area contributed by atoms with Gasteiger partial charge in [-0.25, -0.2) is 4.98 Å². The number of imide groups is 2. The number of nitrogens with zero attached hydrogens (tertiary/aromatic N) is 3. The van der Waals surface area contributed by atoms with Crippen molar-refractivity contribution in [1.29, 1.82) is 0 Å². The highest BCUT2D eigenvalue weighted by atomic mass is 35.5. The zero-order valence-electron chi connectivity index (χ0n) is 25.9. The standard InChI is InChI=1S/C36H29Cl2N3O7/c1-3-47-27-16-19(10-15-25(27)42)29-21-13-14-22-28(23(21)17-35(37)33(45)40(2)34(46)36(29,35)38)32(44)41(31(22)43)20-11-8-18(9-12-20)30-39-24-6-4-5-7-26(24)48-30/h4-13,15-16,22-23,28-29,42H,3,14,17H2,1-2H3/t22-,23+,28-,29-,35+,36-/m0/s1. The van der Waals surface area contributed by atoms with Crippen molar-refractivity contribution >= 4 is 63.6 Å². The summed E-state index contributed by atoms with van der Waals surface area (Å²) in [5, 5.41) is 10.5. The number of phenols is 1. The Bertz CT molecular complexity index is 2060. The van der Waals surface area contributed by atoms with Crippen molar-refractivity contribution in [3.63, 3.8) is 0 Å². The quantitative estimate of drug-likeness (QED) is 0.159. The molecule has 12 heteroatoms. The lowest BCUT2D eigenvalue weighted by Crippen LogP contribution is -2.60. The molecule has 1 aromatic heterocycles. The van der Waals surface area contributed by atoms with E-state index >= 15 is 0 Å². The number of aromatic nitrogens is 1. The number of halogens is 2. The molecular formula is C36H29Cl2N3O7. The van der Waals surface area contributed by atoms with Crippen LogP contribution in [0.5, 0.6) is 11.5 Å². The number of alkyl halides is 2. The highest BCUT2D eigenvalue weighted by Gasteiger charge is 2.75. The van der Waals surface area contributed by atoms with Crippen molar-refractivity contribution in [3.8, 4) is 23.0 Å². The molecule has 0 radical (unpaired) electrons. The maximum absolute atomic E-state index is 14.3. The van der Waals surface area contributed by atoms with Gasteiger partial charge in [-0.2, -0.15) is 0 Å². The summed E-state index contributed by atoms with van der Waals surface area (Å²) in [5.74, 6) is -4.77. The van der Waals surface area contributed by atoms with Crippen LogP contribution in [0, 0.1) is 17.8 Å². The minimum atomic E-state index is -1.93. The van der Waals surface area contributed by atoms with Crippen LogP contribution >= 0.6 is 23.2 Å². The van der Waals surface area contributed by atoms with E-state index < -0.39 is 51.1 Å². The average molecular weight is 687 g/mol. The number of aromatic hydroxyl groups is 1. The van der Waals surface area contributed by atoms with Crippen molar-refractivity contribution in [2.45, 2.75) is 35.4 Å². The van der Waals surface area contributed by atoms with Gasteiger partial charge in [0.25, 0.3) is 11.8 Å². The molecule has 0 bridgehead atoms. The molecule has 3 heterocycles. The maximum Gasteiger partial charge on any atom is 0.253 e. The number of carbonyl (C=O) groups excluding carboxylic acids is 4. The van der Waals surface area contributed by atoms with E-state index in [4.69, 9.17) is 32.4 Å². The minimum Gasteiger partial charge on any atom is -0.504 e. The summed E-state index contributed by atoms with van der Waals surface area (Å²) in [6.07, 6.45) is 1.98. The summed E-state index contributed by atoms with van der Waals surface area (Å²) in [5.41, 5.74) is 3.58. The fourth-order valence-corrected chi connectivity index (χ4v) is 9.12. The van der Waals surface area contributed by atoms with Gasteiger partial charge in [0, 0.05) is 18.5 Å². The normalized spacial score (nSPS) is 29.6. The number of hydrogen-bond acceptors (Lipinski definition) is 8. The smallest absolute Gasteiger partial charge is 0.253 e. The summed E-state index contributed by atoms with van der Waals surface area (Å²) in [6, 6.07) is 18.9. The highest BCUT2D eigenvalue weighted by molar-refractivity contribution is 6.53. The zero-order valence-corrected chi connectivity index (χ0v) is 27.4. The Morgan fingerprint density at radius 3 is 2.46 bits per heavy atom. The Kier molecular flexibility index (Phi) is 6.81. The maximum atomic E-state index is 14.3. The van der Waals surface area contributed by atoms with E-state index in [0.717, 1.165) is 4.90 Å². The van der Waals surface area contributed by atoms with Crippen LogP contribution in [0.3, 0.4) is 0 Å². The van der Waals surface area contributed by atoms with Crippen LogP contribution in [-0.4, -0.2) is 62.0 Å². The first-order chi connectivity index (χ1) is 23.0. The molecule has 2 saturated heterocycles. The van der Waals surface area contributed by atoms with Crippen molar-refractivity contribution in [3.05, 3.63) is 83.9 Å². The van der Waals surface area contributed by atoms with Crippen LogP contribution < -0.4 is 9.64 Å². The molecule has 2 aliphatic heterocycles. The Hall–Kier alpha value is -4.67. The second-order valence-electron chi connectivity index (χ2n) is 12.7. The van der Waals surface area contributed by atoms with Crippen LogP contribution in [0.1, 0.15) is 31.2 Å². The summed E-state index contributed by atoms with van der Waals surface area (Å²) in [6.45, 7) is 2.04. The van der Waals surface area contributed by atoms with Crippen LogP contribution in [-0.2, 0) is 19.2 Å². The first-order valence-corrected chi connectivity index (χ1v) is 16.4. The summed E-state index contributed by atoms with van der Waals surface area (Å²) in [7, 11) is 1.34. The van der Waals surface area contributed by atoms with Crippen LogP contribution in [0.2, 0.25) is 0 Å². The van der Waals surface area contributed by atoms with E-state index in [9.17, 15) is 24.3 Å². The van der Waals surface area contributed by atoms with Gasteiger partial charge in [0.15, 0.2) is 26.8 Å². The number of carbonyl (C=O) groups is 4. The largest absolute Gasteiger partial charge is 0.504 e. The topological polar surface area (TPSA) is 130 Å². The molecule has 0 unspecified atom stereocenters. The fourth-order valence-electron chi connectivity index (χ4n) is 8.10. The van der Waals surface area contributed by atoms with E-state index in [2.05, 4.69) is 4.98 Å².